The van der Waals surface area contributed by atoms with E-state index in [9.17, 15) is 9.18 Å². The van der Waals surface area contributed by atoms with Gasteiger partial charge in [-0.2, -0.15) is 0 Å². The summed E-state index contributed by atoms with van der Waals surface area (Å²) in [6.07, 6.45) is -0.563. The molecular weight excluding hydrogens is 432 g/mol. The number of halogens is 2. The standard InChI is InChI=1S/C11H12BrFNO2.3CH3.Sn/c1-11(2,3)16-10(15)14-9-5-7(12)4-8(13)6-9;;;;/h4,6H,1-3H3,(H,14,15);3*1H3;. The normalized spacial score (nSPS) is 12.2. The van der Waals surface area contributed by atoms with Gasteiger partial charge < -0.3 is 0 Å². The summed E-state index contributed by atoms with van der Waals surface area (Å²) in [5.74, 6) is -0.387. The van der Waals surface area contributed by atoms with Gasteiger partial charge in [-0.1, -0.05) is 0 Å². The third-order valence-corrected chi connectivity index (χ3v) is 9.93. The Morgan fingerprint density at radius 2 is 1.85 bits per heavy atom. The first-order chi connectivity index (χ1) is 8.90. The SMILES string of the molecule is CC(C)(C)OC(=O)Nc1cc(F)cc(Br)[c]1[Sn]([CH3])([CH3])[CH3]. The van der Waals surface area contributed by atoms with E-state index < -0.39 is 30.1 Å². The van der Waals surface area contributed by atoms with Gasteiger partial charge in [-0.05, 0) is 0 Å². The average molecular weight is 453 g/mol. The summed E-state index contributed by atoms with van der Waals surface area (Å²) in [4.78, 5) is 18.5. The van der Waals surface area contributed by atoms with Crippen molar-refractivity contribution in [3.63, 3.8) is 0 Å². The molecule has 0 aliphatic heterocycles. The Morgan fingerprint density at radius 3 is 2.30 bits per heavy atom. The molecule has 1 N–H and O–H groups in total. The second kappa shape index (κ2) is 6.22. The average Bonchev–Trinajstić information content (AvgIpc) is 2.08. The van der Waals surface area contributed by atoms with Gasteiger partial charge in [0.15, 0.2) is 0 Å². The summed E-state index contributed by atoms with van der Waals surface area (Å²) >= 11 is 0.882. The van der Waals surface area contributed by atoms with Gasteiger partial charge in [0.2, 0.25) is 0 Å². The van der Waals surface area contributed by atoms with E-state index in [1.165, 1.54) is 12.1 Å². The number of ether oxygens (including phenoxy) is 1. The number of hydrogen-bond acceptors (Lipinski definition) is 2. The van der Waals surface area contributed by atoms with Crippen molar-refractivity contribution in [3.05, 3.63) is 22.4 Å². The van der Waals surface area contributed by atoms with Crippen LogP contribution < -0.4 is 8.90 Å². The Morgan fingerprint density at radius 1 is 1.30 bits per heavy atom. The van der Waals surface area contributed by atoms with Crippen LogP contribution in [0.1, 0.15) is 20.8 Å². The van der Waals surface area contributed by atoms with E-state index in [1.807, 2.05) is 0 Å². The molecule has 0 radical (unpaired) electrons. The van der Waals surface area contributed by atoms with Crippen LogP contribution in [0.4, 0.5) is 14.9 Å². The number of nitrogens with one attached hydrogen (secondary N) is 1. The minimum atomic E-state index is -2.52. The predicted molar refractivity (Wildman–Crippen MR) is 86.9 cm³/mol. The fraction of sp³-hybridized carbons (Fsp3) is 0.500. The Labute approximate surface area is 132 Å². The van der Waals surface area contributed by atoms with Gasteiger partial charge in [0.25, 0.3) is 0 Å². The van der Waals surface area contributed by atoms with Crippen molar-refractivity contribution in [1.29, 1.82) is 0 Å². The molecule has 0 aliphatic carbocycles. The van der Waals surface area contributed by atoms with Crippen molar-refractivity contribution < 1.29 is 13.9 Å². The number of hydrogen-bond donors (Lipinski definition) is 1. The van der Waals surface area contributed by atoms with E-state index >= 15 is 0 Å². The molecule has 112 valence electrons. The Hall–Kier alpha value is -0.301. The molecule has 0 aliphatic rings. The number of rotatable bonds is 2. The van der Waals surface area contributed by atoms with E-state index in [0.717, 1.165) is 3.58 Å². The van der Waals surface area contributed by atoms with Crippen LogP contribution in [0.2, 0.25) is 14.8 Å². The van der Waals surface area contributed by atoms with Crippen LogP contribution in [0.5, 0.6) is 0 Å². The predicted octanol–water partition coefficient (Wildman–Crippen LogP) is 4.48. The number of anilines is 1. The molecule has 0 fully saturated rings. The van der Waals surface area contributed by atoms with Gasteiger partial charge in [0.1, 0.15) is 0 Å². The number of carbonyl (C=O) groups is 1. The minimum absolute atomic E-state index is 0.387. The molecule has 0 spiro atoms. The first-order valence-corrected chi connectivity index (χ1v) is 17.2. The van der Waals surface area contributed by atoms with Crippen molar-refractivity contribution in [1.82, 2.24) is 0 Å². The quantitative estimate of drug-likeness (QED) is 0.672. The van der Waals surface area contributed by atoms with E-state index in [-0.39, 0.29) is 5.82 Å². The summed E-state index contributed by atoms with van der Waals surface area (Å²) in [7, 11) is 0. The topological polar surface area (TPSA) is 38.3 Å². The second-order valence-electron chi connectivity index (χ2n) is 6.69. The zero-order valence-electron chi connectivity index (χ0n) is 12.7. The molecule has 1 amide bonds. The van der Waals surface area contributed by atoms with Gasteiger partial charge in [0, 0.05) is 0 Å². The molecule has 0 unspecified atom stereocenters. The summed E-state index contributed by atoms with van der Waals surface area (Å²) in [6, 6.07) is 2.80. The summed E-state index contributed by atoms with van der Waals surface area (Å²) in [6.45, 7) is 5.37. The molecule has 1 aromatic carbocycles. The zero-order valence-corrected chi connectivity index (χ0v) is 17.2. The molecule has 0 bridgehead atoms. The second-order valence-corrected chi connectivity index (χ2v) is 21.8. The third-order valence-electron chi connectivity index (χ3n) is 2.44. The van der Waals surface area contributed by atoms with Gasteiger partial charge in [-0.15, -0.1) is 0 Å². The monoisotopic (exact) mass is 453 g/mol. The van der Waals surface area contributed by atoms with Crippen molar-refractivity contribution in [2.75, 3.05) is 5.32 Å². The summed E-state index contributed by atoms with van der Waals surface area (Å²) in [5, 5.41) is 2.68. The summed E-state index contributed by atoms with van der Waals surface area (Å²) < 4.78 is 20.6. The van der Waals surface area contributed by atoms with Crippen LogP contribution in [0.3, 0.4) is 0 Å². The van der Waals surface area contributed by atoms with E-state index in [0.29, 0.717) is 10.2 Å². The maximum absolute atomic E-state index is 13.6. The van der Waals surface area contributed by atoms with Crippen LogP contribution in [-0.2, 0) is 4.74 Å². The van der Waals surface area contributed by atoms with Crippen LogP contribution >= 0.6 is 15.9 Å². The molecule has 0 saturated carbocycles. The maximum atomic E-state index is 13.6. The molecule has 20 heavy (non-hydrogen) atoms. The zero-order chi connectivity index (χ0) is 15.7. The number of benzene rings is 1. The van der Waals surface area contributed by atoms with Gasteiger partial charge in [-0.3, -0.25) is 0 Å². The molecule has 0 atom stereocenters. The van der Waals surface area contributed by atoms with Crippen LogP contribution in [0.25, 0.3) is 0 Å². The first-order valence-electron chi connectivity index (χ1n) is 6.40. The molecule has 1 rings (SSSR count). The van der Waals surface area contributed by atoms with Crippen LogP contribution in [-0.4, -0.2) is 30.1 Å². The Bertz CT molecular complexity index is 521. The third kappa shape index (κ3) is 5.24. The fourth-order valence-electron chi connectivity index (χ4n) is 1.85. The van der Waals surface area contributed by atoms with E-state index in [1.54, 1.807) is 20.8 Å². The Balaban J connectivity index is 3.15. The molecule has 0 aromatic heterocycles. The van der Waals surface area contributed by atoms with E-state index in [2.05, 4.69) is 36.1 Å². The molecule has 1 aromatic rings. The first kappa shape index (κ1) is 17.7. The van der Waals surface area contributed by atoms with Gasteiger partial charge in [-0.25, -0.2) is 0 Å². The summed E-state index contributed by atoms with van der Waals surface area (Å²) in [5.41, 5.74) is -0.0748. The van der Waals surface area contributed by atoms with Crippen LogP contribution in [0, 0.1) is 5.82 Å². The fourth-order valence-corrected chi connectivity index (χ4v) is 11.2. The van der Waals surface area contributed by atoms with Crippen molar-refractivity contribution in [3.8, 4) is 0 Å². The molecule has 0 saturated heterocycles. The van der Waals surface area contributed by atoms with Crippen molar-refractivity contribution in [2.24, 2.45) is 0 Å². The van der Waals surface area contributed by atoms with Gasteiger partial charge >= 0.3 is 133 Å². The number of amides is 1. The molecule has 3 nitrogen and oxygen atoms in total. The van der Waals surface area contributed by atoms with Gasteiger partial charge in [0.05, 0.1) is 0 Å². The van der Waals surface area contributed by atoms with Crippen molar-refractivity contribution >= 4 is 49.7 Å². The number of carbonyl (C=O) groups excluding carboxylic acids is 1. The Kier molecular flexibility index (Phi) is 5.52. The van der Waals surface area contributed by atoms with Crippen molar-refractivity contribution in [2.45, 2.75) is 41.2 Å². The molecule has 0 heterocycles. The van der Waals surface area contributed by atoms with Crippen LogP contribution in [0.15, 0.2) is 16.6 Å². The van der Waals surface area contributed by atoms with E-state index in [4.69, 9.17) is 4.74 Å². The molecule has 6 heteroatoms. The molecular formula is C14H21BrFNO2Sn.